The quantitative estimate of drug-likeness (QED) is 0.166. The SMILES string of the molecule is CC(C)(C)c1cc2c(-c3ccc4ccccc4c3)c3ccccc3c(-c3ccc4ccccc4c3)c2cc1-c1ccc(-c2cnc(-c3ccccc3)nc2)cc1. The van der Waals surface area contributed by atoms with Gasteiger partial charge >= 0.3 is 0 Å². The third-order valence-corrected chi connectivity index (χ3v) is 11.3. The van der Waals surface area contributed by atoms with Gasteiger partial charge in [-0.25, -0.2) is 9.97 Å². The van der Waals surface area contributed by atoms with E-state index in [1.54, 1.807) is 0 Å². The molecule has 0 radical (unpaired) electrons. The molecule has 0 N–H and O–H groups in total. The summed E-state index contributed by atoms with van der Waals surface area (Å²) in [6, 6.07) is 64.2. The molecule has 1 heterocycles. The molecule has 10 aromatic rings. The minimum atomic E-state index is -0.126. The minimum Gasteiger partial charge on any atom is -0.236 e. The second-order valence-corrected chi connectivity index (χ2v) is 15.9. The Morgan fingerprint density at radius 2 is 0.804 bits per heavy atom. The summed E-state index contributed by atoms with van der Waals surface area (Å²) < 4.78 is 0. The van der Waals surface area contributed by atoms with Crippen LogP contribution in [0.5, 0.6) is 0 Å². The average molecular weight is 717 g/mol. The van der Waals surface area contributed by atoms with Gasteiger partial charge in [0.1, 0.15) is 0 Å². The van der Waals surface area contributed by atoms with Gasteiger partial charge in [-0.2, -0.15) is 0 Å². The lowest BCUT2D eigenvalue weighted by Crippen LogP contribution is -2.13. The molecule has 0 saturated carbocycles. The molecular weight excluding hydrogens is 677 g/mol. The third kappa shape index (κ3) is 5.91. The van der Waals surface area contributed by atoms with E-state index in [4.69, 9.17) is 9.97 Å². The van der Waals surface area contributed by atoms with Crippen molar-refractivity contribution in [3.8, 4) is 55.9 Å². The fraction of sp³-hybridized carbons (Fsp3) is 0.0741. The maximum absolute atomic E-state index is 4.71. The summed E-state index contributed by atoms with van der Waals surface area (Å²) in [5.74, 6) is 0.731. The standard InChI is InChI=1S/C54H40N2/c1-54(2,3)50-32-49-48(31-47(50)38-25-21-37(22-26-38)44-33-55-53(56-34-44)39-15-5-4-6-16-39)51(42-27-23-35-13-7-9-17-40(35)29-42)45-19-11-12-20-46(45)52(49)43-28-24-36-14-8-10-18-41(36)30-43/h4-34H,1-3H3. The highest BCUT2D eigenvalue weighted by Gasteiger charge is 2.24. The zero-order valence-electron chi connectivity index (χ0n) is 31.8. The van der Waals surface area contributed by atoms with E-state index in [-0.39, 0.29) is 5.41 Å². The Bertz CT molecular complexity index is 3080. The smallest absolute Gasteiger partial charge is 0.159 e. The van der Waals surface area contributed by atoms with Crippen molar-refractivity contribution in [2.45, 2.75) is 26.2 Å². The van der Waals surface area contributed by atoms with Gasteiger partial charge in [0.2, 0.25) is 0 Å². The van der Waals surface area contributed by atoms with Crippen LogP contribution >= 0.6 is 0 Å². The summed E-state index contributed by atoms with van der Waals surface area (Å²) in [5.41, 5.74) is 11.7. The minimum absolute atomic E-state index is 0.126. The molecule has 0 fully saturated rings. The van der Waals surface area contributed by atoms with Crippen LogP contribution in [0.1, 0.15) is 26.3 Å². The van der Waals surface area contributed by atoms with Crippen molar-refractivity contribution >= 4 is 43.1 Å². The molecule has 0 spiro atoms. The largest absolute Gasteiger partial charge is 0.236 e. The van der Waals surface area contributed by atoms with Gasteiger partial charge in [-0.15, -0.1) is 0 Å². The van der Waals surface area contributed by atoms with Gasteiger partial charge < -0.3 is 0 Å². The van der Waals surface area contributed by atoms with Crippen LogP contribution < -0.4 is 0 Å². The van der Waals surface area contributed by atoms with Gasteiger partial charge in [0, 0.05) is 23.5 Å². The number of hydrogen-bond acceptors (Lipinski definition) is 2. The Labute approximate surface area is 327 Å². The van der Waals surface area contributed by atoms with E-state index in [2.05, 4.69) is 166 Å². The Kier molecular flexibility index (Phi) is 8.08. The first-order valence-electron chi connectivity index (χ1n) is 19.4. The highest BCUT2D eigenvalue weighted by atomic mass is 14.9. The van der Waals surface area contributed by atoms with Gasteiger partial charge in [0.05, 0.1) is 0 Å². The molecular formula is C54H40N2. The number of rotatable bonds is 5. The predicted molar refractivity (Wildman–Crippen MR) is 238 cm³/mol. The Hall–Kier alpha value is -6.90. The molecule has 0 unspecified atom stereocenters. The Balaban J connectivity index is 1.22. The van der Waals surface area contributed by atoms with Gasteiger partial charge in [0.25, 0.3) is 0 Å². The average Bonchev–Trinajstić information content (AvgIpc) is 3.25. The topological polar surface area (TPSA) is 25.8 Å². The summed E-state index contributed by atoms with van der Waals surface area (Å²) in [5, 5.41) is 10.0. The number of benzene rings is 9. The fourth-order valence-electron chi connectivity index (χ4n) is 8.45. The van der Waals surface area contributed by atoms with Crippen LogP contribution in [0, 0.1) is 0 Å². The summed E-state index contributed by atoms with van der Waals surface area (Å²) in [6.45, 7) is 7.00. The van der Waals surface area contributed by atoms with Crippen LogP contribution in [0.3, 0.4) is 0 Å². The highest BCUT2D eigenvalue weighted by Crippen LogP contribution is 2.48. The van der Waals surface area contributed by atoms with Crippen molar-refractivity contribution in [2.75, 3.05) is 0 Å². The molecule has 9 aromatic carbocycles. The van der Waals surface area contributed by atoms with Crippen molar-refractivity contribution in [3.05, 3.63) is 194 Å². The number of fused-ring (bicyclic) bond motifs is 4. The molecule has 1 aromatic heterocycles. The van der Waals surface area contributed by atoms with Crippen molar-refractivity contribution in [1.82, 2.24) is 9.97 Å². The van der Waals surface area contributed by atoms with Gasteiger partial charge in [0.15, 0.2) is 5.82 Å². The van der Waals surface area contributed by atoms with Crippen LogP contribution in [0.25, 0.3) is 99.0 Å². The second kappa shape index (κ2) is 13.4. The second-order valence-electron chi connectivity index (χ2n) is 15.9. The van der Waals surface area contributed by atoms with E-state index in [9.17, 15) is 0 Å². The van der Waals surface area contributed by atoms with Crippen LogP contribution in [0.15, 0.2) is 188 Å². The molecule has 10 rings (SSSR count). The van der Waals surface area contributed by atoms with Crippen molar-refractivity contribution in [1.29, 1.82) is 0 Å². The molecule has 0 bridgehead atoms. The first-order chi connectivity index (χ1) is 27.4. The van der Waals surface area contributed by atoms with E-state index in [0.29, 0.717) is 0 Å². The highest BCUT2D eigenvalue weighted by molar-refractivity contribution is 6.23. The molecule has 0 saturated heterocycles. The van der Waals surface area contributed by atoms with E-state index < -0.39 is 0 Å². The fourth-order valence-corrected chi connectivity index (χ4v) is 8.45. The van der Waals surface area contributed by atoms with Gasteiger partial charge in [-0.3, -0.25) is 0 Å². The van der Waals surface area contributed by atoms with E-state index in [1.165, 1.54) is 82.0 Å². The summed E-state index contributed by atoms with van der Waals surface area (Å²) in [4.78, 5) is 9.42. The first kappa shape index (κ1) is 33.7. The predicted octanol–water partition coefficient (Wildman–Crippen LogP) is 14.7. The summed E-state index contributed by atoms with van der Waals surface area (Å²) in [7, 11) is 0. The zero-order valence-corrected chi connectivity index (χ0v) is 31.8. The molecule has 0 aliphatic carbocycles. The number of nitrogens with zero attached hydrogens (tertiary/aromatic N) is 2. The molecule has 266 valence electrons. The lowest BCUT2D eigenvalue weighted by atomic mass is 9.77. The molecule has 2 heteroatoms. The molecule has 0 aliphatic heterocycles. The van der Waals surface area contributed by atoms with Crippen molar-refractivity contribution < 1.29 is 0 Å². The third-order valence-electron chi connectivity index (χ3n) is 11.3. The maximum Gasteiger partial charge on any atom is 0.159 e. The van der Waals surface area contributed by atoms with Gasteiger partial charge in [-0.05, 0) is 117 Å². The summed E-state index contributed by atoms with van der Waals surface area (Å²) >= 11 is 0. The monoisotopic (exact) mass is 716 g/mol. The molecule has 0 amide bonds. The van der Waals surface area contributed by atoms with Crippen LogP contribution in [0.2, 0.25) is 0 Å². The summed E-state index contributed by atoms with van der Waals surface area (Å²) in [6.07, 6.45) is 3.85. The molecule has 0 aliphatic rings. The Morgan fingerprint density at radius 3 is 1.36 bits per heavy atom. The van der Waals surface area contributed by atoms with E-state index >= 15 is 0 Å². The van der Waals surface area contributed by atoms with Crippen LogP contribution in [0.4, 0.5) is 0 Å². The van der Waals surface area contributed by atoms with Crippen molar-refractivity contribution in [3.63, 3.8) is 0 Å². The molecule has 2 nitrogen and oxygen atoms in total. The lowest BCUT2D eigenvalue weighted by molar-refractivity contribution is 0.593. The lowest BCUT2D eigenvalue weighted by Gasteiger charge is -2.27. The Morgan fingerprint density at radius 1 is 0.339 bits per heavy atom. The first-order valence-corrected chi connectivity index (χ1v) is 19.4. The van der Waals surface area contributed by atoms with E-state index in [0.717, 1.165) is 22.5 Å². The molecule has 56 heavy (non-hydrogen) atoms. The normalized spacial score (nSPS) is 11.8. The molecule has 0 atom stereocenters. The number of aromatic nitrogens is 2. The van der Waals surface area contributed by atoms with Crippen LogP contribution in [-0.2, 0) is 5.41 Å². The van der Waals surface area contributed by atoms with Crippen LogP contribution in [-0.4, -0.2) is 9.97 Å². The maximum atomic E-state index is 4.71. The zero-order chi connectivity index (χ0) is 37.8. The number of hydrogen-bond donors (Lipinski definition) is 0. The van der Waals surface area contributed by atoms with Gasteiger partial charge in [-0.1, -0.05) is 172 Å². The van der Waals surface area contributed by atoms with E-state index in [1.807, 2.05) is 42.7 Å². The van der Waals surface area contributed by atoms with Crippen molar-refractivity contribution in [2.24, 2.45) is 0 Å².